The van der Waals surface area contributed by atoms with E-state index in [4.69, 9.17) is 4.74 Å². The summed E-state index contributed by atoms with van der Waals surface area (Å²) in [4.78, 5) is 4.30. The summed E-state index contributed by atoms with van der Waals surface area (Å²) in [5, 5.41) is 14.9. The normalized spacial score (nSPS) is 26.5. The molecule has 0 saturated carbocycles. The maximum absolute atomic E-state index is 11.3. The summed E-state index contributed by atoms with van der Waals surface area (Å²) >= 11 is 0. The number of allylic oxidation sites excluding steroid dienone is 16. The third-order valence-electron chi connectivity index (χ3n) is 9.84. The van der Waals surface area contributed by atoms with Crippen LogP contribution in [0.15, 0.2) is 113 Å². The molecule has 2 aliphatic carbocycles. The number of rotatable bonds is 18. The molecule has 2 aliphatic rings. The molecular formula is C44H68N2O2. The molecule has 0 spiro atoms. The van der Waals surface area contributed by atoms with Gasteiger partial charge in [0.15, 0.2) is 0 Å². The molecule has 0 aromatic rings. The third-order valence-corrected chi connectivity index (χ3v) is 9.84. The fourth-order valence-corrected chi connectivity index (χ4v) is 6.44. The van der Waals surface area contributed by atoms with Gasteiger partial charge in [0.1, 0.15) is 12.0 Å². The first-order valence-corrected chi connectivity index (χ1v) is 18.5. The summed E-state index contributed by atoms with van der Waals surface area (Å²) in [5.41, 5.74) is 4.14. The molecule has 0 saturated heterocycles. The molecule has 48 heavy (non-hydrogen) atoms. The monoisotopic (exact) mass is 657 g/mol. The maximum atomic E-state index is 11.3. The molecule has 0 fully saturated rings. The topological polar surface area (TPSA) is 53.9 Å². The fourth-order valence-electron chi connectivity index (χ4n) is 6.44. The number of hydrogen-bond acceptors (Lipinski definition) is 4. The quantitative estimate of drug-likeness (QED) is 0.0507. The first-order chi connectivity index (χ1) is 23.0. The lowest BCUT2D eigenvalue weighted by molar-refractivity contribution is 0.0909. The maximum Gasteiger partial charge on any atom is 0.114 e. The molecule has 0 heterocycles. The van der Waals surface area contributed by atoms with E-state index in [-0.39, 0.29) is 16.9 Å². The van der Waals surface area contributed by atoms with Gasteiger partial charge in [0, 0.05) is 18.0 Å². The zero-order valence-electron chi connectivity index (χ0n) is 31.7. The number of ether oxygens (including phenoxy) is 1. The molecule has 0 amide bonds. The Morgan fingerprint density at radius 1 is 1.04 bits per heavy atom. The van der Waals surface area contributed by atoms with Crippen LogP contribution in [-0.4, -0.2) is 30.2 Å². The van der Waals surface area contributed by atoms with Crippen LogP contribution in [0.1, 0.15) is 126 Å². The van der Waals surface area contributed by atoms with Gasteiger partial charge in [-0.05, 0) is 134 Å². The van der Waals surface area contributed by atoms with E-state index in [2.05, 4.69) is 118 Å². The number of aliphatic imine (C=N–C) groups is 1. The highest BCUT2D eigenvalue weighted by Gasteiger charge is 2.30. The highest BCUT2D eigenvalue weighted by molar-refractivity contribution is 5.55. The van der Waals surface area contributed by atoms with Gasteiger partial charge in [-0.2, -0.15) is 0 Å². The van der Waals surface area contributed by atoms with Crippen LogP contribution >= 0.6 is 0 Å². The molecule has 2 rings (SSSR count). The Bertz CT molecular complexity index is 1250. The van der Waals surface area contributed by atoms with Gasteiger partial charge in [-0.3, -0.25) is 10.3 Å². The summed E-state index contributed by atoms with van der Waals surface area (Å²) in [6, 6.07) is 0.0846. The number of aliphatic hydroxyl groups is 1. The lowest BCUT2D eigenvalue weighted by atomic mass is 9.71. The van der Waals surface area contributed by atoms with Crippen molar-refractivity contribution in [1.82, 2.24) is 5.32 Å². The lowest BCUT2D eigenvalue weighted by Crippen LogP contribution is -2.40. The first-order valence-electron chi connectivity index (χ1n) is 18.5. The van der Waals surface area contributed by atoms with Crippen LogP contribution in [0, 0.1) is 16.7 Å². The minimum atomic E-state index is -0.551. The predicted molar refractivity (Wildman–Crippen MR) is 210 cm³/mol. The van der Waals surface area contributed by atoms with Crippen LogP contribution in [0.4, 0.5) is 0 Å². The first kappa shape index (κ1) is 41.2. The van der Waals surface area contributed by atoms with Gasteiger partial charge in [0.2, 0.25) is 0 Å². The van der Waals surface area contributed by atoms with Crippen molar-refractivity contribution < 1.29 is 9.84 Å². The standard InChI is InChI=1S/C44H68N2O2/c1-9-11-12-13-14-24-40(35-39-28-27-37(4)21-16-30-43(39,6)7)46-42(47)29-33-44(8)31-17-25-41(26-18-32-44)48-34-19-22-36(3)20-15-23-38(5)45-10-2/h9-14,17,20-21,23-28,39-40,42,46-47H,15-16,18-19,22,29-35H2,1-8H3/b11-9-,13-12-,24-14+,25-17-,28-27-,36-20+,37-21?,38-23-,41-26+,45-10?/t39-,40+,42?,44-/m1/s1. The van der Waals surface area contributed by atoms with Gasteiger partial charge in [-0.25, -0.2) is 0 Å². The molecule has 1 unspecified atom stereocenters. The number of hydrogen-bond donors (Lipinski definition) is 2. The zero-order chi connectivity index (χ0) is 35.3. The van der Waals surface area contributed by atoms with E-state index < -0.39 is 6.23 Å². The summed E-state index contributed by atoms with van der Waals surface area (Å²) < 4.78 is 6.15. The minimum Gasteiger partial charge on any atom is -0.494 e. The zero-order valence-corrected chi connectivity index (χ0v) is 31.7. The van der Waals surface area contributed by atoms with Crippen molar-refractivity contribution in [1.29, 1.82) is 0 Å². The third kappa shape index (κ3) is 17.4. The summed E-state index contributed by atoms with van der Waals surface area (Å²) in [7, 11) is 0. The predicted octanol–water partition coefficient (Wildman–Crippen LogP) is 11.8. The largest absolute Gasteiger partial charge is 0.494 e. The van der Waals surface area contributed by atoms with Crippen molar-refractivity contribution in [2.75, 3.05) is 6.61 Å². The van der Waals surface area contributed by atoms with E-state index in [1.54, 1.807) is 0 Å². The average molecular weight is 657 g/mol. The number of nitrogens with zero attached hydrogens (tertiary/aromatic N) is 1. The molecule has 4 nitrogen and oxygen atoms in total. The van der Waals surface area contributed by atoms with Crippen LogP contribution in [0.3, 0.4) is 0 Å². The molecule has 0 radical (unpaired) electrons. The van der Waals surface area contributed by atoms with Crippen molar-refractivity contribution >= 4 is 6.21 Å². The molecule has 266 valence electrons. The van der Waals surface area contributed by atoms with E-state index in [0.29, 0.717) is 5.92 Å². The van der Waals surface area contributed by atoms with Gasteiger partial charge < -0.3 is 9.84 Å². The average Bonchev–Trinajstić information content (AvgIpc) is 3.02. The molecule has 0 bridgehead atoms. The van der Waals surface area contributed by atoms with Crippen LogP contribution in [0.5, 0.6) is 0 Å². The van der Waals surface area contributed by atoms with Gasteiger partial charge in [0.05, 0.1) is 6.61 Å². The van der Waals surface area contributed by atoms with E-state index in [1.807, 2.05) is 39.1 Å². The Hall–Kier alpha value is -2.95. The van der Waals surface area contributed by atoms with E-state index in [0.717, 1.165) is 88.7 Å². The summed E-state index contributed by atoms with van der Waals surface area (Å²) in [6.45, 7) is 18.3. The van der Waals surface area contributed by atoms with Crippen molar-refractivity contribution in [3.05, 3.63) is 108 Å². The molecule has 0 aromatic heterocycles. The molecule has 0 aliphatic heterocycles. The van der Waals surface area contributed by atoms with Gasteiger partial charge >= 0.3 is 0 Å². The number of aliphatic hydroxyl groups excluding tert-OH is 1. The molecule has 0 aromatic carbocycles. The second-order valence-electron chi connectivity index (χ2n) is 14.8. The Labute approximate surface area is 295 Å². The van der Waals surface area contributed by atoms with Crippen LogP contribution < -0.4 is 5.32 Å². The SMILES string of the molecule is CC=N/C(C)=C\C/C=C(\C)CCCOC1=C/CC[C@](C)(CCC(O)N[C@@H](/C=C/C=C\C=C/C)C[C@H]2/C=C\C(C)=CCCC2(C)C)C/C=C\1. The molecular weight excluding hydrogens is 588 g/mol. The van der Waals surface area contributed by atoms with Crippen molar-refractivity contribution in [3.63, 3.8) is 0 Å². The second-order valence-corrected chi connectivity index (χ2v) is 14.8. The Kier molecular flexibility index (Phi) is 19.4. The van der Waals surface area contributed by atoms with Crippen LogP contribution in [0.2, 0.25) is 0 Å². The smallest absolute Gasteiger partial charge is 0.114 e. The molecule has 4 atom stereocenters. The van der Waals surface area contributed by atoms with E-state index in [9.17, 15) is 5.11 Å². The van der Waals surface area contributed by atoms with Crippen molar-refractivity contribution in [2.24, 2.45) is 21.7 Å². The van der Waals surface area contributed by atoms with Gasteiger partial charge in [0.25, 0.3) is 0 Å². The Morgan fingerprint density at radius 2 is 1.81 bits per heavy atom. The van der Waals surface area contributed by atoms with Crippen LogP contribution in [0.25, 0.3) is 0 Å². The van der Waals surface area contributed by atoms with Crippen molar-refractivity contribution in [2.45, 2.75) is 138 Å². The Morgan fingerprint density at radius 3 is 2.58 bits per heavy atom. The van der Waals surface area contributed by atoms with E-state index in [1.165, 1.54) is 11.1 Å². The second kappa shape index (κ2) is 22.6. The number of nitrogens with one attached hydrogen (secondary N) is 1. The lowest BCUT2D eigenvalue weighted by Gasteiger charge is -2.36. The Balaban J connectivity index is 1.89. The summed E-state index contributed by atoms with van der Waals surface area (Å²) in [5.74, 6) is 1.41. The van der Waals surface area contributed by atoms with E-state index >= 15 is 0 Å². The highest BCUT2D eigenvalue weighted by Crippen LogP contribution is 2.39. The van der Waals surface area contributed by atoms with Crippen molar-refractivity contribution in [3.8, 4) is 0 Å². The van der Waals surface area contributed by atoms with Gasteiger partial charge in [-0.1, -0.05) is 105 Å². The van der Waals surface area contributed by atoms with Crippen LogP contribution in [-0.2, 0) is 4.74 Å². The minimum absolute atomic E-state index is 0.0846. The highest BCUT2D eigenvalue weighted by atomic mass is 16.5. The molecule has 4 heteroatoms. The fraction of sp³-hybridized carbons (Fsp3) is 0.568. The summed E-state index contributed by atoms with van der Waals surface area (Å²) in [6.07, 6.45) is 42.9. The van der Waals surface area contributed by atoms with Gasteiger partial charge in [-0.15, -0.1) is 0 Å². The molecule has 2 N–H and O–H groups in total.